The smallest absolute Gasteiger partial charge is 0.408 e. The normalized spacial score (nSPS) is 14.2. The van der Waals surface area contributed by atoms with E-state index in [2.05, 4.69) is 17.2 Å². The number of nitrogens with zero attached hydrogens (tertiary/aromatic N) is 1. The van der Waals surface area contributed by atoms with E-state index in [0.29, 0.717) is 17.5 Å². The van der Waals surface area contributed by atoms with Gasteiger partial charge in [-0.1, -0.05) is 62.7 Å². The molecule has 0 saturated carbocycles. The third kappa shape index (κ3) is 11.5. The van der Waals surface area contributed by atoms with Gasteiger partial charge >= 0.3 is 12.1 Å². The highest BCUT2D eigenvalue weighted by Gasteiger charge is 2.39. The van der Waals surface area contributed by atoms with Gasteiger partial charge in [0.05, 0.1) is 0 Å². The molecular weight excluding hydrogens is 586 g/mol. The number of nitrogens with one attached hydrogen (secondary N) is 2. The predicted molar refractivity (Wildman–Crippen MR) is 178 cm³/mol. The number of esters is 1. The quantitative estimate of drug-likeness (QED) is 0.188. The van der Waals surface area contributed by atoms with Crippen LogP contribution in [-0.4, -0.2) is 63.7 Å². The molecule has 0 spiro atoms. The molecule has 0 saturated heterocycles. The first-order valence-electron chi connectivity index (χ1n) is 15.6. The molecule has 0 aliphatic heterocycles. The molecule has 0 aliphatic rings. The van der Waals surface area contributed by atoms with Crippen LogP contribution in [0.1, 0.15) is 84.5 Å². The van der Waals surface area contributed by atoms with Gasteiger partial charge in [0.15, 0.2) is 0 Å². The SMILES string of the molecule is C=CCN(C(=O)C(NC(=O)OC(C)(C)C)C(C)CC)C(C(=O)NC(Cc1ccccc1)C(=O)OC(C)(C)C)c1ccc(O)c(C)c1. The Kier molecular flexibility index (Phi) is 13.4. The van der Waals surface area contributed by atoms with Crippen LogP contribution in [0.15, 0.2) is 61.2 Å². The van der Waals surface area contributed by atoms with E-state index in [4.69, 9.17) is 9.47 Å². The highest BCUT2D eigenvalue weighted by atomic mass is 16.6. The van der Waals surface area contributed by atoms with Crippen molar-refractivity contribution < 1.29 is 33.8 Å². The van der Waals surface area contributed by atoms with Crippen molar-refractivity contribution in [3.05, 3.63) is 77.9 Å². The van der Waals surface area contributed by atoms with Crippen molar-refractivity contribution in [2.24, 2.45) is 5.92 Å². The van der Waals surface area contributed by atoms with E-state index in [0.717, 1.165) is 5.56 Å². The van der Waals surface area contributed by atoms with Crippen LogP contribution in [0, 0.1) is 12.8 Å². The average Bonchev–Trinajstić information content (AvgIpc) is 2.95. The van der Waals surface area contributed by atoms with Gasteiger partial charge in [0.2, 0.25) is 11.8 Å². The summed E-state index contributed by atoms with van der Waals surface area (Å²) in [6.07, 6.45) is 1.41. The molecular formula is C36H51N3O7. The lowest BCUT2D eigenvalue weighted by Crippen LogP contribution is -2.56. The standard InChI is InChI=1S/C36H51N3O7/c1-11-20-39(32(42)29(23(3)12-2)38-34(44)46-36(8,9)10)30(26-18-19-28(40)24(4)21-26)31(41)37-27(33(43)45-35(5,6)7)22-25-16-14-13-15-17-25/h11,13-19,21,23,27,29-30,40H,1,12,20,22H2,2-10H3,(H,37,41)(H,38,44). The Labute approximate surface area is 273 Å². The van der Waals surface area contributed by atoms with Crippen molar-refractivity contribution in [3.63, 3.8) is 0 Å². The molecule has 0 fully saturated rings. The number of hydrogen-bond donors (Lipinski definition) is 3. The van der Waals surface area contributed by atoms with Crippen LogP contribution >= 0.6 is 0 Å². The minimum Gasteiger partial charge on any atom is -0.508 e. The molecule has 2 aromatic carbocycles. The Morgan fingerprint density at radius 2 is 1.57 bits per heavy atom. The maximum atomic E-state index is 14.4. The van der Waals surface area contributed by atoms with Crippen molar-refractivity contribution in [2.75, 3.05) is 6.54 Å². The average molecular weight is 638 g/mol. The molecule has 10 heteroatoms. The third-order valence-electron chi connectivity index (χ3n) is 7.15. The fourth-order valence-corrected chi connectivity index (χ4v) is 4.75. The van der Waals surface area contributed by atoms with Crippen molar-refractivity contribution in [1.82, 2.24) is 15.5 Å². The monoisotopic (exact) mass is 637 g/mol. The Hall–Kier alpha value is -4.34. The van der Waals surface area contributed by atoms with Crippen LogP contribution in [0.4, 0.5) is 4.79 Å². The Bertz CT molecular complexity index is 1360. The zero-order valence-corrected chi connectivity index (χ0v) is 28.7. The number of carbonyl (C=O) groups is 4. The van der Waals surface area contributed by atoms with Crippen molar-refractivity contribution in [1.29, 1.82) is 0 Å². The summed E-state index contributed by atoms with van der Waals surface area (Å²) in [5.41, 5.74) is 0.0694. The van der Waals surface area contributed by atoms with E-state index < -0.39 is 53.2 Å². The number of phenolic OH excluding ortho intramolecular Hbond substituents is 1. The van der Waals surface area contributed by atoms with Gasteiger partial charge < -0.3 is 30.1 Å². The second-order valence-electron chi connectivity index (χ2n) is 13.5. The van der Waals surface area contributed by atoms with E-state index in [9.17, 15) is 24.3 Å². The lowest BCUT2D eigenvalue weighted by Gasteiger charge is -2.36. The number of alkyl carbamates (subject to hydrolysis) is 1. The van der Waals surface area contributed by atoms with E-state index in [1.165, 1.54) is 17.0 Å². The third-order valence-corrected chi connectivity index (χ3v) is 7.15. The minimum atomic E-state index is -1.27. The minimum absolute atomic E-state index is 0.0179. The van der Waals surface area contributed by atoms with Gasteiger partial charge in [0, 0.05) is 13.0 Å². The second-order valence-corrected chi connectivity index (χ2v) is 13.5. The van der Waals surface area contributed by atoms with E-state index in [-0.39, 0.29) is 24.6 Å². The van der Waals surface area contributed by atoms with Crippen LogP contribution in [0.25, 0.3) is 0 Å². The van der Waals surface area contributed by atoms with Gasteiger partial charge in [-0.05, 0) is 83.2 Å². The van der Waals surface area contributed by atoms with Crippen molar-refractivity contribution in [2.45, 2.75) is 104 Å². The highest BCUT2D eigenvalue weighted by molar-refractivity contribution is 5.94. The number of phenols is 1. The van der Waals surface area contributed by atoms with Crippen LogP contribution < -0.4 is 10.6 Å². The maximum absolute atomic E-state index is 14.4. The molecule has 4 atom stereocenters. The fraction of sp³-hybridized carbons (Fsp3) is 0.500. The molecule has 46 heavy (non-hydrogen) atoms. The summed E-state index contributed by atoms with van der Waals surface area (Å²) in [6, 6.07) is 10.4. The summed E-state index contributed by atoms with van der Waals surface area (Å²) in [4.78, 5) is 56.4. The zero-order chi connectivity index (χ0) is 34.8. The zero-order valence-electron chi connectivity index (χ0n) is 28.7. The van der Waals surface area contributed by atoms with Crippen molar-refractivity contribution >= 4 is 23.9 Å². The lowest BCUT2D eigenvalue weighted by atomic mass is 9.95. The molecule has 0 radical (unpaired) electrons. The topological polar surface area (TPSA) is 134 Å². The Morgan fingerprint density at radius 1 is 0.957 bits per heavy atom. The summed E-state index contributed by atoms with van der Waals surface area (Å²) in [5, 5.41) is 15.8. The van der Waals surface area contributed by atoms with E-state index in [1.54, 1.807) is 60.6 Å². The largest absolute Gasteiger partial charge is 0.508 e. The maximum Gasteiger partial charge on any atom is 0.408 e. The first-order valence-corrected chi connectivity index (χ1v) is 15.6. The van der Waals surface area contributed by atoms with Gasteiger partial charge in [-0.3, -0.25) is 9.59 Å². The number of hydrogen-bond acceptors (Lipinski definition) is 7. The molecule has 0 bridgehead atoms. The molecule has 4 unspecified atom stereocenters. The lowest BCUT2D eigenvalue weighted by molar-refractivity contribution is -0.159. The molecule has 3 amide bonds. The van der Waals surface area contributed by atoms with Crippen LogP contribution in [0.5, 0.6) is 5.75 Å². The summed E-state index contributed by atoms with van der Waals surface area (Å²) < 4.78 is 11.1. The number of carbonyl (C=O) groups excluding carboxylic acids is 4. The van der Waals surface area contributed by atoms with Crippen LogP contribution in [-0.2, 0) is 30.3 Å². The first-order chi connectivity index (χ1) is 21.4. The fourth-order valence-electron chi connectivity index (χ4n) is 4.75. The molecule has 0 heterocycles. The number of rotatable bonds is 13. The second kappa shape index (κ2) is 16.3. The number of aryl methyl sites for hydroxylation is 1. The van der Waals surface area contributed by atoms with Gasteiger partial charge in [-0.15, -0.1) is 6.58 Å². The summed E-state index contributed by atoms with van der Waals surface area (Å²) in [7, 11) is 0. The number of amides is 3. The molecule has 0 aromatic heterocycles. The van der Waals surface area contributed by atoms with Crippen molar-refractivity contribution in [3.8, 4) is 5.75 Å². The first kappa shape index (κ1) is 37.8. The van der Waals surface area contributed by atoms with E-state index in [1.807, 2.05) is 44.2 Å². The predicted octanol–water partition coefficient (Wildman–Crippen LogP) is 5.76. The van der Waals surface area contributed by atoms with Gasteiger partial charge in [-0.2, -0.15) is 0 Å². The molecule has 0 aliphatic carbocycles. The molecule has 252 valence electrons. The van der Waals surface area contributed by atoms with Gasteiger partial charge in [0.25, 0.3) is 0 Å². The number of ether oxygens (including phenoxy) is 2. The summed E-state index contributed by atoms with van der Waals surface area (Å²) in [5.74, 6) is -2.12. The molecule has 2 rings (SSSR count). The van der Waals surface area contributed by atoms with Gasteiger partial charge in [-0.25, -0.2) is 9.59 Å². The Morgan fingerprint density at radius 3 is 2.09 bits per heavy atom. The number of aromatic hydroxyl groups is 1. The molecule has 10 nitrogen and oxygen atoms in total. The summed E-state index contributed by atoms with van der Waals surface area (Å²) >= 11 is 0. The number of benzene rings is 2. The van der Waals surface area contributed by atoms with Crippen LogP contribution in [0.2, 0.25) is 0 Å². The van der Waals surface area contributed by atoms with Gasteiger partial charge in [0.1, 0.15) is 35.1 Å². The molecule has 2 aromatic rings. The Balaban J connectivity index is 2.64. The van der Waals surface area contributed by atoms with Crippen LogP contribution in [0.3, 0.4) is 0 Å². The highest BCUT2D eigenvalue weighted by Crippen LogP contribution is 2.28. The molecule has 3 N–H and O–H groups in total. The van der Waals surface area contributed by atoms with E-state index >= 15 is 0 Å². The summed E-state index contributed by atoms with van der Waals surface area (Å²) in [6.45, 7) is 19.5.